The van der Waals surface area contributed by atoms with Crippen LogP contribution in [-0.4, -0.2) is 58.4 Å². The molecular weight excluding hydrogens is 312 g/mol. The molecule has 6 N–H and O–H groups in total. The van der Waals surface area contributed by atoms with Crippen molar-refractivity contribution in [1.82, 2.24) is 0 Å². The summed E-state index contributed by atoms with van der Waals surface area (Å²) in [6.45, 7) is 2.08. The van der Waals surface area contributed by atoms with Crippen LogP contribution in [0.15, 0.2) is 18.2 Å². The van der Waals surface area contributed by atoms with Crippen LogP contribution in [0.25, 0.3) is 0 Å². The summed E-state index contributed by atoms with van der Waals surface area (Å²) in [6, 6.07) is 5.93. The van der Waals surface area contributed by atoms with E-state index >= 15 is 0 Å². The van der Waals surface area contributed by atoms with Crippen molar-refractivity contribution < 1.29 is 39.6 Å². The fraction of sp³-hybridized carbons (Fsp3) is 0.231. The van der Waals surface area contributed by atoms with Gasteiger partial charge in [-0.05, 0) is 24.6 Å². The fourth-order valence-corrected chi connectivity index (χ4v) is 1.11. The molecule has 0 heterocycles. The fourth-order valence-electron chi connectivity index (χ4n) is 1.11. The van der Waals surface area contributed by atoms with Crippen molar-refractivity contribution in [2.24, 2.45) is 0 Å². The van der Waals surface area contributed by atoms with E-state index in [4.69, 9.17) is 45.3 Å². The van der Waals surface area contributed by atoms with Gasteiger partial charge in [0.25, 0.3) is 0 Å². The van der Waals surface area contributed by atoms with Crippen LogP contribution in [0, 0.1) is 6.92 Å². The Kier molecular flexibility index (Phi) is 9.97. The predicted molar refractivity (Wildman–Crippen MR) is 80.5 cm³/mol. The zero-order valence-electron chi connectivity index (χ0n) is 12.7. The number of hydrogen-bond acceptors (Lipinski definition) is 6. The number of rotatable bonds is 1. The SMILES string of the molecule is Cc1ccc(N)cc1N(C)C.O=C(O)C(=O)O.O=C(O)C(=O)O. The van der Waals surface area contributed by atoms with Gasteiger partial charge in [-0.1, -0.05) is 6.07 Å². The van der Waals surface area contributed by atoms with Crippen molar-refractivity contribution >= 4 is 35.3 Å². The quantitative estimate of drug-likeness (QED) is 0.346. The van der Waals surface area contributed by atoms with E-state index in [0.29, 0.717) is 0 Å². The van der Waals surface area contributed by atoms with Gasteiger partial charge in [0.05, 0.1) is 0 Å². The van der Waals surface area contributed by atoms with E-state index in [0.717, 1.165) is 5.69 Å². The molecule has 0 spiro atoms. The summed E-state index contributed by atoms with van der Waals surface area (Å²) < 4.78 is 0. The lowest BCUT2D eigenvalue weighted by Crippen LogP contribution is -2.10. The van der Waals surface area contributed by atoms with Gasteiger partial charge in [0, 0.05) is 25.5 Å². The molecule has 0 saturated carbocycles. The molecule has 0 saturated heterocycles. The van der Waals surface area contributed by atoms with E-state index in [2.05, 4.69) is 11.8 Å². The Hall–Kier alpha value is -3.30. The van der Waals surface area contributed by atoms with Gasteiger partial charge in [-0.2, -0.15) is 0 Å². The maximum Gasteiger partial charge on any atom is 0.414 e. The molecule has 1 aromatic rings. The maximum atomic E-state index is 9.10. The molecule has 0 unspecified atom stereocenters. The van der Waals surface area contributed by atoms with Crippen molar-refractivity contribution in [2.45, 2.75) is 6.92 Å². The van der Waals surface area contributed by atoms with Gasteiger partial charge in [0.1, 0.15) is 0 Å². The maximum absolute atomic E-state index is 9.10. The highest BCUT2D eigenvalue weighted by atomic mass is 16.4. The van der Waals surface area contributed by atoms with E-state index in [1.807, 2.05) is 32.3 Å². The Morgan fingerprint density at radius 1 is 0.870 bits per heavy atom. The standard InChI is InChI=1S/C9H14N2.2C2H2O4/c1-7-4-5-8(10)6-9(7)11(2)3;2*3-1(4)2(5)6/h4-6H,10H2,1-3H3;2*(H,3,4)(H,5,6). The van der Waals surface area contributed by atoms with Gasteiger partial charge in [-0.15, -0.1) is 0 Å². The number of carboxylic acid groups (broad SMARTS) is 4. The van der Waals surface area contributed by atoms with E-state index in [1.165, 1.54) is 11.3 Å². The van der Waals surface area contributed by atoms with Crippen LogP contribution in [0.1, 0.15) is 5.56 Å². The molecule has 0 aromatic heterocycles. The largest absolute Gasteiger partial charge is 0.473 e. The number of benzene rings is 1. The molecule has 0 radical (unpaired) electrons. The zero-order valence-corrected chi connectivity index (χ0v) is 12.7. The number of carboxylic acids is 4. The van der Waals surface area contributed by atoms with E-state index in [-0.39, 0.29) is 0 Å². The topological polar surface area (TPSA) is 178 Å². The third-order valence-corrected chi connectivity index (χ3v) is 2.08. The number of hydrogen-bond donors (Lipinski definition) is 5. The van der Waals surface area contributed by atoms with Crippen LogP contribution >= 0.6 is 0 Å². The highest BCUT2D eigenvalue weighted by Gasteiger charge is 2.04. The van der Waals surface area contributed by atoms with Crippen molar-refractivity contribution in [2.75, 3.05) is 24.7 Å². The Morgan fingerprint density at radius 2 is 1.22 bits per heavy atom. The Balaban J connectivity index is 0. The molecular formula is C13H18N2O8. The molecule has 10 nitrogen and oxygen atoms in total. The van der Waals surface area contributed by atoms with Crippen LogP contribution in [0.4, 0.5) is 11.4 Å². The average molecular weight is 330 g/mol. The van der Waals surface area contributed by atoms with Crippen LogP contribution < -0.4 is 10.6 Å². The summed E-state index contributed by atoms with van der Waals surface area (Å²) >= 11 is 0. The Morgan fingerprint density at radius 3 is 1.43 bits per heavy atom. The van der Waals surface area contributed by atoms with Crippen LogP contribution in [0.5, 0.6) is 0 Å². The van der Waals surface area contributed by atoms with Gasteiger partial charge in [-0.3, -0.25) is 0 Å². The number of nitrogens with two attached hydrogens (primary N) is 1. The first-order chi connectivity index (χ1) is 10.4. The molecule has 1 rings (SSSR count). The second kappa shape index (κ2) is 10.4. The monoisotopic (exact) mass is 330 g/mol. The normalized spacial score (nSPS) is 8.48. The minimum atomic E-state index is -1.82. The van der Waals surface area contributed by atoms with Gasteiger partial charge >= 0.3 is 23.9 Å². The Labute approximate surface area is 131 Å². The minimum Gasteiger partial charge on any atom is -0.473 e. The second-order valence-electron chi connectivity index (χ2n) is 4.16. The van der Waals surface area contributed by atoms with Crippen LogP contribution in [0.2, 0.25) is 0 Å². The molecule has 0 amide bonds. The summed E-state index contributed by atoms with van der Waals surface area (Å²) in [7, 11) is 4.03. The lowest BCUT2D eigenvalue weighted by Gasteiger charge is -2.15. The van der Waals surface area contributed by atoms with Gasteiger partial charge in [-0.25, -0.2) is 19.2 Å². The number of anilines is 2. The van der Waals surface area contributed by atoms with E-state index in [1.54, 1.807) is 0 Å². The Bertz CT molecular complexity index is 535. The van der Waals surface area contributed by atoms with Crippen molar-refractivity contribution in [3.8, 4) is 0 Å². The number of nitrogens with zero attached hydrogens (tertiary/aromatic N) is 1. The zero-order chi connectivity index (χ0) is 18.7. The third kappa shape index (κ3) is 11.1. The second-order valence-corrected chi connectivity index (χ2v) is 4.16. The van der Waals surface area contributed by atoms with Crippen molar-refractivity contribution in [3.05, 3.63) is 23.8 Å². The van der Waals surface area contributed by atoms with Gasteiger partial charge in [0.2, 0.25) is 0 Å². The molecule has 0 aliphatic rings. The smallest absolute Gasteiger partial charge is 0.414 e. The minimum absolute atomic E-state index is 0.819. The highest BCUT2D eigenvalue weighted by molar-refractivity contribution is 6.27. The van der Waals surface area contributed by atoms with Crippen LogP contribution in [0.3, 0.4) is 0 Å². The number of carbonyl (C=O) groups is 4. The molecule has 10 heteroatoms. The predicted octanol–water partition coefficient (Wildman–Crippen LogP) is -0.0456. The molecule has 128 valence electrons. The number of aliphatic carboxylic acids is 4. The third-order valence-electron chi connectivity index (χ3n) is 2.08. The van der Waals surface area contributed by atoms with Gasteiger partial charge in [0.15, 0.2) is 0 Å². The summed E-state index contributed by atoms with van der Waals surface area (Å²) in [5.74, 6) is -7.30. The van der Waals surface area contributed by atoms with Crippen LogP contribution in [-0.2, 0) is 19.2 Å². The van der Waals surface area contributed by atoms with E-state index in [9.17, 15) is 0 Å². The molecule has 0 fully saturated rings. The molecule has 23 heavy (non-hydrogen) atoms. The lowest BCUT2D eigenvalue weighted by atomic mass is 10.2. The average Bonchev–Trinajstić information content (AvgIpc) is 2.42. The highest BCUT2D eigenvalue weighted by Crippen LogP contribution is 2.20. The first-order valence-electron chi connectivity index (χ1n) is 5.86. The summed E-state index contributed by atoms with van der Waals surface area (Å²) in [5, 5.41) is 29.6. The van der Waals surface area contributed by atoms with Crippen molar-refractivity contribution in [1.29, 1.82) is 0 Å². The summed E-state index contributed by atoms with van der Waals surface area (Å²) in [5.41, 5.74) is 8.90. The van der Waals surface area contributed by atoms with E-state index < -0.39 is 23.9 Å². The lowest BCUT2D eigenvalue weighted by molar-refractivity contribution is -0.159. The molecule has 0 aliphatic heterocycles. The first-order valence-corrected chi connectivity index (χ1v) is 5.86. The molecule has 0 atom stereocenters. The van der Waals surface area contributed by atoms with Crippen molar-refractivity contribution in [3.63, 3.8) is 0 Å². The van der Waals surface area contributed by atoms with Gasteiger partial charge < -0.3 is 31.1 Å². The number of nitrogen functional groups attached to an aromatic ring is 1. The molecule has 1 aromatic carbocycles. The molecule has 0 aliphatic carbocycles. The summed E-state index contributed by atoms with van der Waals surface area (Å²) in [6.07, 6.45) is 0. The summed E-state index contributed by atoms with van der Waals surface area (Å²) in [4.78, 5) is 38.5. The number of aryl methyl sites for hydroxylation is 1. The molecule has 0 bridgehead atoms. The first kappa shape index (κ1) is 22.0.